The van der Waals surface area contributed by atoms with Gasteiger partial charge in [-0.1, -0.05) is 17.7 Å². The molecule has 0 bridgehead atoms. The molecule has 2 heterocycles. The topological polar surface area (TPSA) is 25.8 Å². The second-order valence-corrected chi connectivity index (χ2v) is 4.90. The van der Waals surface area contributed by atoms with E-state index in [9.17, 15) is 0 Å². The van der Waals surface area contributed by atoms with Gasteiger partial charge < -0.3 is 0 Å². The second kappa shape index (κ2) is 3.58. The van der Waals surface area contributed by atoms with Gasteiger partial charge in [-0.25, -0.2) is 9.97 Å². The fourth-order valence-corrected chi connectivity index (χ4v) is 2.84. The number of halogens is 1. The lowest BCUT2D eigenvalue weighted by molar-refractivity contribution is 0.900. The van der Waals surface area contributed by atoms with Gasteiger partial charge in [0.15, 0.2) is 5.82 Å². The maximum absolute atomic E-state index is 6.15. The first kappa shape index (κ1) is 9.31. The van der Waals surface area contributed by atoms with E-state index < -0.39 is 0 Å². The molecular formula is C11H9ClN2S. The number of rotatable bonds is 1. The molecule has 0 atom stereocenters. The Bertz CT molecular complexity index is 494. The van der Waals surface area contributed by atoms with Gasteiger partial charge in [-0.15, -0.1) is 11.3 Å². The first-order chi connectivity index (χ1) is 7.34. The third-order valence-electron chi connectivity index (χ3n) is 2.62. The number of aryl methyl sites for hydroxylation is 1. The molecule has 0 amide bonds. The average Bonchev–Trinajstić information content (AvgIpc) is 2.88. The molecule has 15 heavy (non-hydrogen) atoms. The van der Waals surface area contributed by atoms with Crippen LogP contribution in [0.3, 0.4) is 0 Å². The molecule has 0 aliphatic heterocycles. The molecule has 0 spiro atoms. The van der Waals surface area contributed by atoms with Crippen molar-refractivity contribution in [2.24, 2.45) is 0 Å². The van der Waals surface area contributed by atoms with Crippen LogP contribution >= 0.6 is 22.9 Å². The molecule has 0 radical (unpaired) electrons. The van der Waals surface area contributed by atoms with E-state index in [1.165, 1.54) is 0 Å². The third-order valence-corrected chi connectivity index (χ3v) is 3.80. The molecule has 4 heteroatoms. The molecule has 0 N–H and O–H groups in total. The van der Waals surface area contributed by atoms with Gasteiger partial charge in [0, 0.05) is 11.3 Å². The molecule has 0 unspecified atom stereocenters. The number of nitrogens with zero attached hydrogens (tertiary/aromatic N) is 2. The first-order valence-corrected chi connectivity index (χ1v) is 6.19. The van der Waals surface area contributed by atoms with Gasteiger partial charge in [-0.05, 0) is 30.7 Å². The van der Waals surface area contributed by atoms with E-state index >= 15 is 0 Å². The van der Waals surface area contributed by atoms with Crippen molar-refractivity contribution in [2.75, 3.05) is 0 Å². The first-order valence-electron chi connectivity index (χ1n) is 4.94. The van der Waals surface area contributed by atoms with Crippen molar-refractivity contribution >= 4 is 22.9 Å². The van der Waals surface area contributed by atoms with E-state index in [4.69, 9.17) is 11.6 Å². The second-order valence-electron chi connectivity index (χ2n) is 3.59. The molecule has 0 aromatic carbocycles. The standard InChI is InChI=1S/C11H9ClN2S/c12-10-7-3-1-4-8(7)13-11(14-10)9-5-2-6-15-9/h2,5-6H,1,3-4H2. The zero-order chi connectivity index (χ0) is 10.3. The molecule has 3 rings (SSSR count). The summed E-state index contributed by atoms with van der Waals surface area (Å²) in [6, 6.07) is 4.03. The summed E-state index contributed by atoms with van der Waals surface area (Å²) in [5, 5.41) is 2.67. The SMILES string of the molecule is Clc1nc(-c2cccs2)nc2c1CCC2. The number of hydrogen-bond acceptors (Lipinski definition) is 3. The number of hydrogen-bond donors (Lipinski definition) is 0. The minimum atomic E-state index is 0.640. The van der Waals surface area contributed by atoms with Crippen molar-refractivity contribution in [2.45, 2.75) is 19.3 Å². The Kier molecular flexibility index (Phi) is 2.22. The van der Waals surface area contributed by atoms with Crippen molar-refractivity contribution in [3.05, 3.63) is 33.9 Å². The highest BCUT2D eigenvalue weighted by atomic mass is 35.5. The van der Waals surface area contributed by atoms with Gasteiger partial charge in [-0.3, -0.25) is 0 Å². The largest absolute Gasteiger partial charge is 0.232 e. The average molecular weight is 237 g/mol. The molecule has 0 saturated heterocycles. The van der Waals surface area contributed by atoms with Crippen molar-refractivity contribution in [1.82, 2.24) is 9.97 Å². The molecule has 2 aromatic rings. The Morgan fingerprint density at radius 3 is 3.00 bits per heavy atom. The lowest BCUT2D eigenvalue weighted by Gasteiger charge is -2.03. The summed E-state index contributed by atoms with van der Waals surface area (Å²) >= 11 is 7.79. The Morgan fingerprint density at radius 2 is 2.20 bits per heavy atom. The lowest BCUT2D eigenvalue weighted by atomic mass is 10.2. The predicted molar refractivity (Wildman–Crippen MR) is 62.4 cm³/mol. The summed E-state index contributed by atoms with van der Waals surface area (Å²) in [5.74, 6) is 0.774. The van der Waals surface area contributed by atoms with E-state index in [1.54, 1.807) is 11.3 Å². The van der Waals surface area contributed by atoms with Crippen LogP contribution in [0, 0.1) is 0 Å². The third kappa shape index (κ3) is 1.56. The Hall–Kier alpha value is -0.930. The molecule has 0 fully saturated rings. The summed E-state index contributed by atoms with van der Waals surface area (Å²) in [6.07, 6.45) is 3.21. The smallest absolute Gasteiger partial charge is 0.171 e. The molecule has 76 valence electrons. The van der Waals surface area contributed by atoms with Crippen LogP contribution in [-0.4, -0.2) is 9.97 Å². The summed E-state index contributed by atoms with van der Waals surface area (Å²) in [4.78, 5) is 10.0. The van der Waals surface area contributed by atoms with Crippen molar-refractivity contribution in [3.63, 3.8) is 0 Å². The maximum atomic E-state index is 6.15. The highest BCUT2D eigenvalue weighted by Crippen LogP contribution is 2.30. The maximum Gasteiger partial charge on any atom is 0.171 e. The van der Waals surface area contributed by atoms with Gasteiger partial charge >= 0.3 is 0 Å². The molecule has 2 aromatic heterocycles. The van der Waals surface area contributed by atoms with Crippen molar-refractivity contribution < 1.29 is 0 Å². The van der Waals surface area contributed by atoms with Gasteiger partial charge in [0.1, 0.15) is 5.15 Å². The van der Waals surface area contributed by atoms with Crippen LogP contribution in [0.25, 0.3) is 10.7 Å². The molecular weight excluding hydrogens is 228 g/mol. The Labute approximate surface area is 97.0 Å². The van der Waals surface area contributed by atoms with E-state index in [-0.39, 0.29) is 0 Å². The van der Waals surface area contributed by atoms with Crippen LogP contribution in [0.15, 0.2) is 17.5 Å². The van der Waals surface area contributed by atoms with Gasteiger partial charge in [0.05, 0.1) is 4.88 Å². The van der Waals surface area contributed by atoms with E-state index in [2.05, 4.69) is 9.97 Å². The van der Waals surface area contributed by atoms with E-state index in [0.717, 1.165) is 41.2 Å². The number of aromatic nitrogens is 2. The van der Waals surface area contributed by atoms with Crippen LogP contribution < -0.4 is 0 Å². The summed E-state index contributed by atoms with van der Waals surface area (Å²) < 4.78 is 0. The fraction of sp³-hybridized carbons (Fsp3) is 0.273. The minimum absolute atomic E-state index is 0.640. The monoisotopic (exact) mass is 236 g/mol. The molecule has 2 nitrogen and oxygen atoms in total. The highest BCUT2D eigenvalue weighted by Gasteiger charge is 2.18. The Balaban J connectivity index is 2.15. The zero-order valence-electron chi connectivity index (χ0n) is 8.03. The molecule has 0 saturated carbocycles. The number of fused-ring (bicyclic) bond motifs is 1. The lowest BCUT2D eigenvalue weighted by Crippen LogP contribution is -1.96. The normalized spacial score (nSPS) is 14.2. The Morgan fingerprint density at radius 1 is 1.27 bits per heavy atom. The highest BCUT2D eigenvalue weighted by molar-refractivity contribution is 7.13. The molecule has 1 aliphatic carbocycles. The minimum Gasteiger partial charge on any atom is -0.232 e. The van der Waals surface area contributed by atoms with Crippen LogP contribution in [-0.2, 0) is 12.8 Å². The van der Waals surface area contributed by atoms with Crippen LogP contribution in [0.1, 0.15) is 17.7 Å². The number of thiophene rings is 1. The van der Waals surface area contributed by atoms with Gasteiger partial charge in [-0.2, -0.15) is 0 Å². The predicted octanol–water partition coefficient (Wildman–Crippen LogP) is 3.35. The fourth-order valence-electron chi connectivity index (χ4n) is 1.90. The van der Waals surface area contributed by atoms with Gasteiger partial charge in [0.2, 0.25) is 0 Å². The quantitative estimate of drug-likeness (QED) is 0.710. The van der Waals surface area contributed by atoms with Crippen LogP contribution in [0.5, 0.6) is 0 Å². The van der Waals surface area contributed by atoms with E-state index in [1.807, 2.05) is 17.5 Å². The zero-order valence-corrected chi connectivity index (χ0v) is 9.61. The van der Waals surface area contributed by atoms with Gasteiger partial charge in [0.25, 0.3) is 0 Å². The van der Waals surface area contributed by atoms with Crippen molar-refractivity contribution in [1.29, 1.82) is 0 Å². The summed E-state index contributed by atoms with van der Waals surface area (Å²) in [7, 11) is 0. The summed E-state index contributed by atoms with van der Waals surface area (Å²) in [6.45, 7) is 0. The van der Waals surface area contributed by atoms with E-state index in [0.29, 0.717) is 5.15 Å². The van der Waals surface area contributed by atoms with Crippen molar-refractivity contribution in [3.8, 4) is 10.7 Å². The van der Waals surface area contributed by atoms with Crippen LogP contribution in [0.2, 0.25) is 5.15 Å². The summed E-state index contributed by atoms with van der Waals surface area (Å²) in [5.41, 5.74) is 2.29. The van der Waals surface area contributed by atoms with Crippen LogP contribution in [0.4, 0.5) is 0 Å². The molecule has 1 aliphatic rings.